The van der Waals surface area contributed by atoms with Crippen LogP contribution < -0.4 is 5.73 Å². The lowest BCUT2D eigenvalue weighted by Crippen LogP contribution is -2.30. The maximum Gasteiger partial charge on any atom is 0.306 e. The minimum absolute atomic E-state index is 0.115. The van der Waals surface area contributed by atoms with Crippen LogP contribution >= 0.6 is 11.8 Å². The van der Waals surface area contributed by atoms with Crippen molar-refractivity contribution in [3.63, 3.8) is 0 Å². The third kappa shape index (κ3) is 32.0. The third-order valence-corrected chi connectivity index (χ3v) is 8.63. The van der Waals surface area contributed by atoms with Gasteiger partial charge in [-0.15, -0.1) is 0 Å². The van der Waals surface area contributed by atoms with Crippen LogP contribution in [0.1, 0.15) is 155 Å². The van der Waals surface area contributed by atoms with Crippen LogP contribution in [0.5, 0.6) is 0 Å². The number of carbonyl (C=O) groups is 3. The van der Waals surface area contributed by atoms with Crippen molar-refractivity contribution in [2.75, 3.05) is 38.6 Å². The number of esters is 2. The number of hydrogen-bond donors (Lipinski definition) is 1. The molecular formula is C37H68N2O5S. The van der Waals surface area contributed by atoms with Crippen LogP contribution in [0.25, 0.3) is 0 Å². The topological polar surface area (TPSA) is 98.9 Å². The maximum absolute atomic E-state index is 12.7. The van der Waals surface area contributed by atoms with Gasteiger partial charge >= 0.3 is 11.9 Å². The van der Waals surface area contributed by atoms with Crippen molar-refractivity contribution in [3.05, 3.63) is 24.3 Å². The second kappa shape index (κ2) is 35.1. The van der Waals surface area contributed by atoms with Crippen molar-refractivity contribution in [1.82, 2.24) is 4.90 Å². The molecule has 0 saturated carbocycles. The highest BCUT2D eigenvalue weighted by molar-refractivity contribution is 8.13. The molecule has 0 unspecified atom stereocenters. The fraction of sp³-hybridized carbons (Fsp3) is 0.811. The van der Waals surface area contributed by atoms with Gasteiger partial charge in [0.15, 0.2) is 0 Å². The van der Waals surface area contributed by atoms with Crippen LogP contribution in [0, 0.1) is 0 Å². The van der Waals surface area contributed by atoms with Gasteiger partial charge in [0.25, 0.3) is 5.24 Å². The molecule has 0 aromatic carbocycles. The highest BCUT2D eigenvalue weighted by Gasteiger charge is 2.13. The van der Waals surface area contributed by atoms with Gasteiger partial charge in [-0.1, -0.05) is 127 Å². The Morgan fingerprint density at radius 2 is 1.00 bits per heavy atom. The third-order valence-electron chi connectivity index (χ3n) is 7.68. The van der Waals surface area contributed by atoms with Crippen molar-refractivity contribution in [1.29, 1.82) is 0 Å². The number of hydrogen-bond acceptors (Lipinski definition) is 7. The Morgan fingerprint density at radius 3 is 1.44 bits per heavy atom. The molecule has 8 heteroatoms. The summed E-state index contributed by atoms with van der Waals surface area (Å²) in [6, 6.07) is 0. The van der Waals surface area contributed by atoms with Gasteiger partial charge in [0.1, 0.15) is 13.2 Å². The lowest BCUT2D eigenvalue weighted by atomic mass is 10.1. The van der Waals surface area contributed by atoms with Gasteiger partial charge in [0.2, 0.25) is 0 Å². The Morgan fingerprint density at radius 1 is 0.578 bits per heavy atom. The summed E-state index contributed by atoms with van der Waals surface area (Å²) < 4.78 is 10.6. The van der Waals surface area contributed by atoms with Crippen molar-refractivity contribution in [2.45, 2.75) is 155 Å². The first-order valence-corrected chi connectivity index (χ1v) is 19.3. The summed E-state index contributed by atoms with van der Waals surface area (Å²) in [5.74, 6) is 0.413. The Kier molecular flexibility index (Phi) is 33.7. The van der Waals surface area contributed by atoms with Crippen molar-refractivity contribution in [3.8, 4) is 0 Å². The number of unbranched alkanes of at least 4 members (excludes halogenated alkanes) is 16. The first-order valence-electron chi connectivity index (χ1n) is 18.3. The van der Waals surface area contributed by atoms with Crippen LogP contribution in [0.2, 0.25) is 0 Å². The molecule has 0 radical (unpaired) electrons. The summed E-state index contributed by atoms with van der Waals surface area (Å²) >= 11 is 1.31. The van der Waals surface area contributed by atoms with E-state index >= 15 is 0 Å². The van der Waals surface area contributed by atoms with Gasteiger partial charge in [0, 0.05) is 38.2 Å². The van der Waals surface area contributed by atoms with E-state index in [1.54, 1.807) is 0 Å². The van der Waals surface area contributed by atoms with Crippen molar-refractivity contribution < 1.29 is 23.9 Å². The summed E-state index contributed by atoms with van der Waals surface area (Å²) in [4.78, 5) is 38.5. The number of thioether (sulfide) groups is 1. The van der Waals surface area contributed by atoms with Crippen LogP contribution in [-0.4, -0.2) is 60.7 Å². The zero-order valence-electron chi connectivity index (χ0n) is 29.1. The zero-order chi connectivity index (χ0) is 33.1. The fourth-order valence-electron chi connectivity index (χ4n) is 4.91. The molecule has 2 N–H and O–H groups in total. The van der Waals surface area contributed by atoms with E-state index in [4.69, 9.17) is 15.2 Å². The molecule has 0 aliphatic heterocycles. The van der Waals surface area contributed by atoms with E-state index in [0.29, 0.717) is 38.4 Å². The molecule has 0 aromatic rings. The Hall–Kier alpha value is -1.80. The maximum atomic E-state index is 12.7. The predicted octanol–water partition coefficient (Wildman–Crippen LogP) is 9.92. The molecule has 0 aromatic heterocycles. The minimum Gasteiger partial charge on any atom is -0.461 e. The monoisotopic (exact) mass is 652 g/mol. The summed E-state index contributed by atoms with van der Waals surface area (Å²) in [7, 11) is 0. The number of nitrogens with zero attached hydrogens (tertiary/aromatic N) is 1. The van der Waals surface area contributed by atoms with Crippen molar-refractivity contribution >= 4 is 28.9 Å². The van der Waals surface area contributed by atoms with E-state index in [0.717, 1.165) is 90.1 Å². The van der Waals surface area contributed by atoms with E-state index in [1.165, 1.54) is 63.1 Å². The number of nitrogens with two attached hydrogens (primary N) is 1. The molecule has 45 heavy (non-hydrogen) atoms. The summed E-state index contributed by atoms with van der Waals surface area (Å²) in [5.41, 5.74) is 5.61. The van der Waals surface area contributed by atoms with Gasteiger partial charge in [-0.2, -0.15) is 0 Å². The molecule has 0 bridgehead atoms. The molecule has 0 heterocycles. The molecule has 0 spiro atoms. The first-order chi connectivity index (χ1) is 22.0. The van der Waals surface area contributed by atoms with Crippen molar-refractivity contribution in [2.24, 2.45) is 5.73 Å². The van der Waals surface area contributed by atoms with E-state index in [2.05, 4.69) is 26.0 Å². The summed E-state index contributed by atoms with van der Waals surface area (Å²) in [6.07, 6.45) is 31.1. The quantitative estimate of drug-likeness (QED) is 0.0439. The molecule has 0 aliphatic rings. The molecule has 0 atom stereocenters. The average molecular weight is 653 g/mol. The lowest BCUT2D eigenvalue weighted by Gasteiger charge is -2.22. The molecule has 0 saturated heterocycles. The minimum atomic E-state index is -0.115. The highest BCUT2D eigenvalue weighted by atomic mass is 32.2. The second-order valence-electron chi connectivity index (χ2n) is 11.9. The van der Waals surface area contributed by atoms with Gasteiger partial charge in [-0.25, -0.2) is 0 Å². The number of carbonyl (C=O) groups excluding carboxylic acids is 3. The Labute approximate surface area is 280 Å². The molecule has 0 fully saturated rings. The van der Waals surface area contributed by atoms with Crippen LogP contribution in [-0.2, 0) is 19.1 Å². The van der Waals surface area contributed by atoms with E-state index in [1.807, 2.05) is 17.1 Å². The van der Waals surface area contributed by atoms with Gasteiger partial charge in [-0.05, 0) is 51.4 Å². The standard InChI is InChI=1S/C37H68N2O5S/c1-3-5-7-9-11-19-25-32-43-35(40)27-21-15-13-17-23-30-39(37(42)45-34-29-38)31-24-18-14-16-22-28-36(41)44-33-26-20-12-10-8-6-4-2/h19-20,25-26H,3-18,21-24,27-34,38H2,1-2H3/b25-19-,26-20-. The SMILES string of the molecule is CCCCCC/C=C\COC(=O)CCCCCCCN(CCCCCCCC(=O)OC/C=C\CCCCCC)C(=O)SCCN. The Bertz CT molecular complexity index is 707. The molecule has 7 nitrogen and oxygen atoms in total. The number of rotatable bonds is 32. The van der Waals surface area contributed by atoms with Gasteiger partial charge in [0.05, 0.1) is 0 Å². The number of allylic oxidation sites excluding steroid dienone is 2. The van der Waals surface area contributed by atoms with E-state index in [-0.39, 0.29) is 17.2 Å². The molecule has 0 rings (SSSR count). The summed E-state index contributed by atoms with van der Waals surface area (Å²) in [6.45, 7) is 7.21. The van der Waals surface area contributed by atoms with Crippen LogP contribution in [0.15, 0.2) is 24.3 Å². The number of amides is 1. The lowest BCUT2D eigenvalue weighted by molar-refractivity contribution is -0.143. The Balaban J connectivity index is 3.92. The molecule has 262 valence electrons. The van der Waals surface area contributed by atoms with E-state index in [9.17, 15) is 14.4 Å². The van der Waals surface area contributed by atoms with Crippen LogP contribution in [0.4, 0.5) is 4.79 Å². The molecule has 0 aliphatic carbocycles. The van der Waals surface area contributed by atoms with Gasteiger partial charge in [-0.3, -0.25) is 14.4 Å². The zero-order valence-corrected chi connectivity index (χ0v) is 29.9. The number of ether oxygens (including phenoxy) is 2. The fourth-order valence-corrected chi connectivity index (χ4v) is 5.57. The molecule has 1 amide bonds. The summed E-state index contributed by atoms with van der Waals surface area (Å²) in [5, 5.41) is 0.121. The predicted molar refractivity (Wildman–Crippen MR) is 192 cm³/mol. The normalized spacial score (nSPS) is 11.4. The smallest absolute Gasteiger partial charge is 0.306 e. The largest absolute Gasteiger partial charge is 0.461 e. The van der Waals surface area contributed by atoms with Crippen LogP contribution in [0.3, 0.4) is 0 Å². The highest BCUT2D eigenvalue weighted by Crippen LogP contribution is 2.14. The molecular weight excluding hydrogens is 584 g/mol. The first kappa shape index (κ1) is 43.2. The second-order valence-corrected chi connectivity index (χ2v) is 13.0. The van der Waals surface area contributed by atoms with E-state index < -0.39 is 0 Å². The van der Waals surface area contributed by atoms with Gasteiger partial charge < -0.3 is 20.1 Å². The average Bonchev–Trinajstić information content (AvgIpc) is 3.04.